The molecule has 0 saturated heterocycles. The van der Waals surface area contributed by atoms with Gasteiger partial charge < -0.3 is 10.2 Å². The lowest BCUT2D eigenvalue weighted by Gasteiger charge is -2.37. The quantitative estimate of drug-likeness (QED) is 0.745. The molecule has 0 amide bonds. The van der Waals surface area contributed by atoms with Gasteiger partial charge in [0.25, 0.3) is 0 Å². The molecule has 1 aromatic heterocycles. The second-order valence-corrected chi connectivity index (χ2v) is 6.75. The fraction of sp³-hybridized carbons (Fsp3) is 0.273. The van der Waals surface area contributed by atoms with Gasteiger partial charge >= 0.3 is 0 Å². The monoisotopic (exact) mass is 317 g/mol. The zero-order valence-corrected chi connectivity index (χ0v) is 13.8. The first kappa shape index (κ1) is 15.2. The van der Waals surface area contributed by atoms with E-state index in [9.17, 15) is 0 Å². The highest BCUT2D eigenvalue weighted by atomic mass is 16.3. The van der Waals surface area contributed by atoms with Crippen molar-refractivity contribution >= 4 is 0 Å². The van der Waals surface area contributed by atoms with Crippen molar-refractivity contribution in [3.8, 4) is 0 Å². The molecule has 0 spiro atoms. The number of hydrogen-bond donors (Lipinski definition) is 1. The van der Waals surface area contributed by atoms with E-state index in [0.717, 1.165) is 18.6 Å². The third-order valence-electron chi connectivity index (χ3n) is 5.31. The van der Waals surface area contributed by atoms with Crippen LogP contribution in [0.15, 0.2) is 77.4 Å². The minimum absolute atomic E-state index is 0.102. The molecule has 3 aromatic rings. The number of benzene rings is 2. The topological polar surface area (TPSA) is 39.2 Å². The van der Waals surface area contributed by atoms with Crippen LogP contribution in [0.3, 0.4) is 0 Å². The van der Waals surface area contributed by atoms with Gasteiger partial charge in [0.15, 0.2) is 0 Å². The van der Waals surface area contributed by atoms with E-state index in [1.54, 1.807) is 6.26 Å². The Morgan fingerprint density at radius 3 is 2.54 bits per heavy atom. The van der Waals surface area contributed by atoms with Crippen molar-refractivity contribution in [3.63, 3.8) is 0 Å². The van der Waals surface area contributed by atoms with Crippen molar-refractivity contribution in [2.75, 3.05) is 0 Å². The molecule has 0 radical (unpaired) electrons. The minimum Gasteiger partial charge on any atom is -0.468 e. The first-order valence-electron chi connectivity index (χ1n) is 8.73. The second kappa shape index (κ2) is 6.66. The Bertz CT molecular complexity index is 779. The molecule has 2 heteroatoms. The summed E-state index contributed by atoms with van der Waals surface area (Å²) in [5, 5.41) is 0. The highest BCUT2D eigenvalue weighted by molar-refractivity contribution is 5.36. The standard InChI is InChI=1S/C22H23NO/c23-22(20-11-6-14-24-20)21-18(15-16-7-2-1-3-8-16)13-12-17-9-4-5-10-19(17)21/h1-11,14,18,21-22H,12-13,15,23H2. The van der Waals surface area contributed by atoms with Crippen LogP contribution in [0.5, 0.6) is 0 Å². The zero-order chi connectivity index (χ0) is 16.4. The number of nitrogens with two attached hydrogens (primary N) is 1. The summed E-state index contributed by atoms with van der Waals surface area (Å²) in [6.45, 7) is 0. The predicted octanol–water partition coefficient (Wildman–Crippen LogP) is 4.87. The van der Waals surface area contributed by atoms with Gasteiger partial charge in [0.05, 0.1) is 12.3 Å². The van der Waals surface area contributed by atoms with E-state index in [-0.39, 0.29) is 6.04 Å². The number of aryl methyl sites for hydroxylation is 1. The van der Waals surface area contributed by atoms with Crippen LogP contribution in [0, 0.1) is 5.92 Å². The van der Waals surface area contributed by atoms with Crippen LogP contribution in [-0.2, 0) is 12.8 Å². The average molecular weight is 317 g/mol. The maximum Gasteiger partial charge on any atom is 0.121 e. The maximum absolute atomic E-state index is 6.68. The van der Waals surface area contributed by atoms with Crippen molar-refractivity contribution in [1.82, 2.24) is 0 Å². The molecule has 1 aliphatic rings. The van der Waals surface area contributed by atoms with E-state index in [0.29, 0.717) is 11.8 Å². The van der Waals surface area contributed by atoms with Crippen molar-refractivity contribution in [1.29, 1.82) is 0 Å². The van der Waals surface area contributed by atoms with Gasteiger partial charge in [-0.15, -0.1) is 0 Å². The Morgan fingerprint density at radius 2 is 1.75 bits per heavy atom. The Balaban J connectivity index is 1.70. The summed E-state index contributed by atoms with van der Waals surface area (Å²) in [7, 11) is 0. The Morgan fingerprint density at radius 1 is 0.958 bits per heavy atom. The average Bonchev–Trinajstić information content (AvgIpc) is 3.17. The Hall–Kier alpha value is -2.32. The van der Waals surface area contributed by atoms with E-state index in [2.05, 4.69) is 54.6 Å². The molecule has 3 unspecified atom stereocenters. The highest BCUT2D eigenvalue weighted by Gasteiger charge is 2.35. The van der Waals surface area contributed by atoms with Crippen molar-refractivity contribution < 1.29 is 4.42 Å². The second-order valence-electron chi connectivity index (χ2n) is 6.75. The zero-order valence-electron chi connectivity index (χ0n) is 13.8. The number of fused-ring (bicyclic) bond motifs is 1. The van der Waals surface area contributed by atoms with Crippen LogP contribution in [0.25, 0.3) is 0 Å². The summed E-state index contributed by atoms with van der Waals surface area (Å²) in [6, 6.07) is 23.3. The van der Waals surface area contributed by atoms with Crippen LogP contribution in [0.1, 0.15) is 40.8 Å². The minimum atomic E-state index is -0.102. The Kier molecular flexibility index (Phi) is 4.22. The van der Waals surface area contributed by atoms with Crippen LogP contribution in [-0.4, -0.2) is 0 Å². The summed E-state index contributed by atoms with van der Waals surface area (Å²) in [5.41, 5.74) is 10.9. The maximum atomic E-state index is 6.68. The van der Waals surface area contributed by atoms with E-state index in [4.69, 9.17) is 10.2 Å². The summed E-state index contributed by atoms with van der Waals surface area (Å²) in [4.78, 5) is 0. The van der Waals surface area contributed by atoms with E-state index in [1.165, 1.54) is 23.1 Å². The molecule has 2 N–H and O–H groups in total. The van der Waals surface area contributed by atoms with Gasteiger partial charge in [-0.3, -0.25) is 0 Å². The molecule has 1 heterocycles. The molecular weight excluding hydrogens is 294 g/mol. The predicted molar refractivity (Wildman–Crippen MR) is 96.8 cm³/mol. The van der Waals surface area contributed by atoms with Gasteiger partial charge in [0.2, 0.25) is 0 Å². The van der Waals surface area contributed by atoms with Gasteiger partial charge in [-0.25, -0.2) is 0 Å². The summed E-state index contributed by atoms with van der Waals surface area (Å²) in [6.07, 6.45) is 5.09. The number of rotatable bonds is 4. The molecule has 1 aliphatic carbocycles. The molecule has 2 aromatic carbocycles. The Labute approximate surface area is 143 Å². The number of furan rings is 1. The van der Waals surface area contributed by atoms with E-state index in [1.807, 2.05) is 12.1 Å². The summed E-state index contributed by atoms with van der Waals surface area (Å²) >= 11 is 0. The van der Waals surface area contributed by atoms with Gasteiger partial charge in [0, 0.05) is 5.92 Å². The molecule has 3 atom stereocenters. The van der Waals surface area contributed by atoms with Crippen molar-refractivity contribution in [3.05, 3.63) is 95.4 Å². The van der Waals surface area contributed by atoms with Crippen LogP contribution >= 0.6 is 0 Å². The lowest BCUT2D eigenvalue weighted by molar-refractivity contribution is 0.301. The molecular formula is C22H23NO. The lowest BCUT2D eigenvalue weighted by Crippen LogP contribution is -2.31. The van der Waals surface area contributed by atoms with Crippen LogP contribution in [0.2, 0.25) is 0 Å². The van der Waals surface area contributed by atoms with Crippen LogP contribution in [0.4, 0.5) is 0 Å². The van der Waals surface area contributed by atoms with Gasteiger partial charge in [-0.2, -0.15) is 0 Å². The molecule has 0 bridgehead atoms. The molecule has 4 rings (SSSR count). The van der Waals surface area contributed by atoms with E-state index < -0.39 is 0 Å². The molecule has 0 fully saturated rings. The molecule has 0 aliphatic heterocycles. The normalized spacial score (nSPS) is 21.2. The van der Waals surface area contributed by atoms with Crippen molar-refractivity contribution in [2.24, 2.45) is 11.7 Å². The van der Waals surface area contributed by atoms with Crippen molar-refractivity contribution in [2.45, 2.75) is 31.2 Å². The SMILES string of the molecule is NC(c1ccco1)C1c2ccccc2CCC1Cc1ccccc1. The summed E-state index contributed by atoms with van der Waals surface area (Å²) < 4.78 is 5.64. The summed E-state index contributed by atoms with van der Waals surface area (Å²) in [5.74, 6) is 1.71. The smallest absolute Gasteiger partial charge is 0.121 e. The highest BCUT2D eigenvalue weighted by Crippen LogP contribution is 2.44. The van der Waals surface area contributed by atoms with Gasteiger partial charge in [-0.05, 0) is 54.0 Å². The van der Waals surface area contributed by atoms with E-state index >= 15 is 0 Å². The lowest BCUT2D eigenvalue weighted by atomic mass is 9.69. The fourth-order valence-electron chi connectivity index (χ4n) is 4.15. The largest absolute Gasteiger partial charge is 0.468 e. The molecule has 2 nitrogen and oxygen atoms in total. The fourth-order valence-corrected chi connectivity index (χ4v) is 4.15. The van der Waals surface area contributed by atoms with Gasteiger partial charge in [0.1, 0.15) is 5.76 Å². The number of hydrogen-bond acceptors (Lipinski definition) is 2. The van der Waals surface area contributed by atoms with Gasteiger partial charge in [-0.1, -0.05) is 54.6 Å². The first-order chi connectivity index (χ1) is 11.8. The molecule has 24 heavy (non-hydrogen) atoms. The molecule has 0 saturated carbocycles. The first-order valence-corrected chi connectivity index (χ1v) is 8.73. The van der Waals surface area contributed by atoms with Crippen LogP contribution < -0.4 is 5.73 Å². The third kappa shape index (κ3) is 2.90. The molecule has 122 valence electrons. The third-order valence-corrected chi connectivity index (χ3v) is 5.31.